The number of amides is 1. The lowest BCUT2D eigenvalue weighted by atomic mass is 10.2. The van der Waals surface area contributed by atoms with Gasteiger partial charge in [-0.3, -0.25) is 4.79 Å². The molecule has 0 bridgehead atoms. The van der Waals surface area contributed by atoms with Crippen LogP contribution in [0.4, 0.5) is 5.69 Å². The fourth-order valence-corrected chi connectivity index (χ4v) is 3.22. The van der Waals surface area contributed by atoms with Gasteiger partial charge >= 0.3 is 0 Å². The number of hydrogen-bond acceptors (Lipinski definition) is 6. The summed E-state index contributed by atoms with van der Waals surface area (Å²) >= 11 is 0. The third-order valence-electron chi connectivity index (χ3n) is 4.87. The van der Waals surface area contributed by atoms with E-state index in [0.717, 1.165) is 17.7 Å². The molecule has 32 heavy (non-hydrogen) atoms. The highest BCUT2D eigenvalue weighted by Crippen LogP contribution is 2.33. The minimum absolute atomic E-state index is 0.213. The minimum Gasteiger partial charge on any atom is -0.494 e. The predicted octanol–water partition coefficient (Wildman–Crippen LogP) is 5.55. The Kier molecular flexibility index (Phi) is 6.26. The summed E-state index contributed by atoms with van der Waals surface area (Å²) in [5.74, 6) is 2.20. The van der Waals surface area contributed by atoms with Gasteiger partial charge in [-0.05, 0) is 67.1 Å². The number of hydrogen-bond donors (Lipinski definition) is 1. The molecule has 0 aliphatic heterocycles. The third kappa shape index (κ3) is 4.51. The van der Waals surface area contributed by atoms with Crippen molar-refractivity contribution in [2.45, 2.75) is 13.3 Å². The number of nitrogens with zero attached hydrogens (tertiary/aromatic N) is 1. The first kappa shape index (κ1) is 21.2. The highest BCUT2D eigenvalue weighted by atomic mass is 16.5. The van der Waals surface area contributed by atoms with Crippen molar-refractivity contribution in [3.8, 4) is 28.7 Å². The lowest BCUT2D eigenvalue weighted by molar-refractivity contribution is 0.102. The highest BCUT2D eigenvalue weighted by Gasteiger charge is 2.13. The summed E-state index contributed by atoms with van der Waals surface area (Å²) in [4.78, 5) is 17.2. The van der Waals surface area contributed by atoms with Crippen LogP contribution in [0, 0.1) is 0 Å². The maximum Gasteiger partial charge on any atom is 0.255 e. The Morgan fingerprint density at radius 1 is 0.969 bits per heavy atom. The van der Waals surface area contributed by atoms with Crippen LogP contribution in [0.1, 0.15) is 23.7 Å². The molecule has 3 aromatic carbocycles. The van der Waals surface area contributed by atoms with Gasteiger partial charge in [-0.15, -0.1) is 0 Å². The molecule has 1 heterocycles. The van der Waals surface area contributed by atoms with E-state index in [1.165, 1.54) is 0 Å². The first-order valence-electron chi connectivity index (χ1n) is 10.3. The molecular weight excluding hydrogens is 408 g/mol. The number of oxazole rings is 1. The summed E-state index contributed by atoms with van der Waals surface area (Å²) in [6.45, 7) is 2.69. The van der Waals surface area contributed by atoms with Crippen LogP contribution in [-0.4, -0.2) is 31.7 Å². The largest absolute Gasteiger partial charge is 0.494 e. The van der Waals surface area contributed by atoms with E-state index in [0.29, 0.717) is 46.3 Å². The number of fused-ring (bicyclic) bond motifs is 1. The fourth-order valence-electron chi connectivity index (χ4n) is 3.22. The van der Waals surface area contributed by atoms with Crippen LogP contribution in [-0.2, 0) is 0 Å². The first-order chi connectivity index (χ1) is 15.6. The van der Waals surface area contributed by atoms with E-state index in [1.807, 2.05) is 13.0 Å². The Labute approximate surface area is 185 Å². The van der Waals surface area contributed by atoms with Gasteiger partial charge in [-0.1, -0.05) is 6.92 Å². The third-order valence-corrected chi connectivity index (χ3v) is 4.87. The zero-order valence-electron chi connectivity index (χ0n) is 18.2. The van der Waals surface area contributed by atoms with Gasteiger partial charge in [0.2, 0.25) is 5.89 Å². The Hall–Kier alpha value is -4.00. The summed E-state index contributed by atoms with van der Waals surface area (Å²) in [5, 5.41) is 2.90. The van der Waals surface area contributed by atoms with E-state index >= 15 is 0 Å². The molecule has 0 saturated heterocycles. The Morgan fingerprint density at radius 3 is 2.47 bits per heavy atom. The van der Waals surface area contributed by atoms with E-state index in [-0.39, 0.29) is 5.91 Å². The average molecular weight is 432 g/mol. The van der Waals surface area contributed by atoms with Gasteiger partial charge in [0.15, 0.2) is 17.1 Å². The number of ether oxygens (including phenoxy) is 3. The Balaban J connectivity index is 1.52. The standard InChI is InChI=1S/C25H24N2O5/c1-4-13-31-19-9-5-16(6-10-19)24(28)26-18-8-12-21-20(15-18)27-25(32-21)17-7-11-22(29-2)23(14-17)30-3/h5-12,14-15H,4,13H2,1-3H3,(H,26,28). The van der Waals surface area contributed by atoms with E-state index in [4.69, 9.17) is 18.6 Å². The van der Waals surface area contributed by atoms with Gasteiger partial charge < -0.3 is 23.9 Å². The van der Waals surface area contributed by atoms with Gasteiger partial charge in [0, 0.05) is 16.8 Å². The van der Waals surface area contributed by atoms with Crippen LogP contribution >= 0.6 is 0 Å². The number of carbonyl (C=O) groups is 1. The maximum absolute atomic E-state index is 12.6. The molecule has 7 heteroatoms. The van der Waals surface area contributed by atoms with Crippen molar-refractivity contribution in [1.82, 2.24) is 4.98 Å². The predicted molar refractivity (Wildman–Crippen MR) is 123 cm³/mol. The molecule has 1 aromatic heterocycles. The summed E-state index contributed by atoms with van der Waals surface area (Å²) < 4.78 is 22.1. The van der Waals surface area contributed by atoms with Crippen LogP contribution in [0.3, 0.4) is 0 Å². The molecule has 0 unspecified atom stereocenters. The molecule has 1 N–H and O–H groups in total. The lowest BCUT2D eigenvalue weighted by Crippen LogP contribution is -2.11. The van der Waals surface area contributed by atoms with Gasteiger partial charge in [0.05, 0.1) is 20.8 Å². The van der Waals surface area contributed by atoms with E-state index in [2.05, 4.69) is 10.3 Å². The fraction of sp³-hybridized carbons (Fsp3) is 0.200. The SMILES string of the molecule is CCCOc1ccc(C(=O)Nc2ccc3oc(-c4ccc(OC)c(OC)c4)nc3c2)cc1. The first-order valence-corrected chi connectivity index (χ1v) is 10.3. The normalized spacial score (nSPS) is 10.7. The molecule has 1 amide bonds. The molecule has 0 aliphatic carbocycles. The molecule has 0 aliphatic rings. The zero-order valence-corrected chi connectivity index (χ0v) is 18.2. The molecule has 0 fully saturated rings. The van der Waals surface area contributed by atoms with Gasteiger partial charge in [0.25, 0.3) is 5.91 Å². The van der Waals surface area contributed by atoms with Crippen molar-refractivity contribution < 1.29 is 23.4 Å². The number of carbonyl (C=O) groups excluding carboxylic acids is 1. The minimum atomic E-state index is -0.213. The molecule has 0 atom stereocenters. The van der Waals surface area contributed by atoms with Crippen molar-refractivity contribution in [3.63, 3.8) is 0 Å². The van der Waals surface area contributed by atoms with Crippen molar-refractivity contribution in [2.75, 3.05) is 26.1 Å². The van der Waals surface area contributed by atoms with E-state index in [9.17, 15) is 4.79 Å². The van der Waals surface area contributed by atoms with Crippen LogP contribution in [0.2, 0.25) is 0 Å². The zero-order chi connectivity index (χ0) is 22.5. The van der Waals surface area contributed by atoms with E-state index in [1.54, 1.807) is 68.8 Å². The lowest BCUT2D eigenvalue weighted by Gasteiger charge is -2.07. The molecule has 164 valence electrons. The van der Waals surface area contributed by atoms with Crippen molar-refractivity contribution in [3.05, 3.63) is 66.2 Å². The number of aromatic nitrogens is 1. The second kappa shape index (κ2) is 9.43. The smallest absolute Gasteiger partial charge is 0.255 e. The molecule has 4 rings (SSSR count). The second-order valence-electron chi connectivity index (χ2n) is 7.10. The molecule has 0 spiro atoms. The summed E-state index contributed by atoms with van der Waals surface area (Å²) in [6.07, 6.45) is 0.931. The number of anilines is 1. The van der Waals surface area contributed by atoms with Crippen LogP contribution < -0.4 is 19.5 Å². The van der Waals surface area contributed by atoms with Crippen LogP contribution in [0.5, 0.6) is 17.2 Å². The van der Waals surface area contributed by atoms with Crippen molar-refractivity contribution >= 4 is 22.7 Å². The molecule has 4 aromatic rings. The number of methoxy groups -OCH3 is 2. The maximum atomic E-state index is 12.6. The second-order valence-corrected chi connectivity index (χ2v) is 7.10. The molecular formula is C25H24N2O5. The number of rotatable bonds is 8. The highest BCUT2D eigenvalue weighted by molar-refractivity contribution is 6.05. The summed E-state index contributed by atoms with van der Waals surface area (Å²) in [5.41, 5.74) is 3.18. The summed E-state index contributed by atoms with van der Waals surface area (Å²) in [6, 6.07) is 17.9. The topological polar surface area (TPSA) is 82.8 Å². The van der Waals surface area contributed by atoms with Crippen LogP contribution in [0.25, 0.3) is 22.6 Å². The van der Waals surface area contributed by atoms with Gasteiger partial charge in [0.1, 0.15) is 11.3 Å². The van der Waals surface area contributed by atoms with Crippen LogP contribution in [0.15, 0.2) is 65.1 Å². The van der Waals surface area contributed by atoms with E-state index < -0.39 is 0 Å². The number of benzene rings is 3. The molecule has 7 nitrogen and oxygen atoms in total. The Morgan fingerprint density at radius 2 is 1.75 bits per heavy atom. The quantitative estimate of drug-likeness (QED) is 0.393. The Bertz CT molecular complexity index is 1230. The average Bonchev–Trinajstić information content (AvgIpc) is 3.26. The van der Waals surface area contributed by atoms with Crippen molar-refractivity contribution in [1.29, 1.82) is 0 Å². The molecule has 0 saturated carbocycles. The number of nitrogens with one attached hydrogen (secondary N) is 1. The molecule has 0 radical (unpaired) electrons. The summed E-state index contributed by atoms with van der Waals surface area (Å²) in [7, 11) is 3.16. The van der Waals surface area contributed by atoms with Crippen molar-refractivity contribution in [2.24, 2.45) is 0 Å². The monoisotopic (exact) mass is 432 g/mol. The van der Waals surface area contributed by atoms with Gasteiger partial charge in [-0.25, -0.2) is 4.98 Å². The van der Waals surface area contributed by atoms with Gasteiger partial charge in [-0.2, -0.15) is 0 Å².